The maximum absolute atomic E-state index is 10.1. The topological polar surface area (TPSA) is 107 Å². The van der Waals surface area contributed by atoms with Crippen LogP contribution in [0.4, 0.5) is 0 Å². The van der Waals surface area contributed by atoms with Crippen molar-refractivity contribution < 1.29 is 62.0 Å². The van der Waals surface area contributed by atoms with E-state index in [0.29, 0.717) is 0 Å². The fourth-order valence-corrected chi connectivity index (χ4v) is 0.712. The van der Waals surface area contributed by atoms with Gasteiger partial charge in [0.2, 0.25) is 0 Å². The maximum Gasteiger partial charge on any atom is 1.00 e. The second-order valence-corrected chi connectivity index (χ2v) is 3.29. The van der Waals surface area contributed by atoms with Crippen LogP contribution in [-0.2, 0) is 9.36 Å². The van der Waals surface area contributed by atoms with Gasteiger partial charge in [-0.2, -0.15) is 0 Å². The summed E-state index contributed by atoms with van der Waals surface area (Å²) in [6.07, 6.45) is -0.598. The molecule has 6 nitrogen and oxygen atoms in total. The molecule has 0 atom stereocenters. The Morgan fingerprint density at radius 3 is 2.00 bits per heavy atom. The molecule has 12 heavy (non-hydrogen) atoms. The summed E-state index contributed by atoms with van der Waals surface area (Å²) >= 11 is 0. The predicted octanol–water partition coefficient (Wildman–Crippen LogP) is -7.20. The second kappa shape index (κ2) is 8.38. The summed E-state index contributed by atoms with van der Waals surface area (Å²) in [7, 11) is -4.10. The van der Waals surface area contributed by atoms with Gasteiger partial charge in [0.15, 0.2) is 0 Å². The molecule has 60 valence electrons. The molecule has 0 radical (unpaired) electrons. The van der Waals surface area contributed by atoms with E-state index < -0.39 is 26.4 Å². The van der Waals surface area contributed by atoms with E-state index in [0.717, 1.165) is 0 Å². The quantitative estimate of drug-likeness (QED) is 0.255. The van der Waals surface area contributed by atoms with Crippen LogP contribution in [-0.4, -0.2) is 33.7 Å². The normalized spacial score (nSPS) is 9.50. The fraction of sp³-hybridized carbons (Fsp3) is 0.667. The molecule has 0 amide bonds. The first kappa shape index (κ1) is 18.5. The maximum atomic E-state index is 10.1. The molecule has 0 rings (SSSR count). The van der Waals surface area contributed by atoms with Crippen LogP contribution in [0.15, 0.2) is 0 Å². The predicted molar refractivity (Wildman–Crippen MR) is 32.5 cm³/mol. The van der Waals surface area contributed by atoms with Crippen LogP contribution in [0, 0.1) is 0 Å². The zero-order valence-corrected chi connectivity index (χ0v) is 7.91. The van der Waals surface area contributed by atoms with E-state index in [1.54, 1.807) is 0 Å². The van der Waals surface area contributed by atoms with Crippen LogP contribution in [0.3, 0.4) is 0 Å². The Labute approximate surface area is 93.6 Å². The molecular weight excluding hydrogens is 175 g/mol. The van der Waals surface area contributed by atoms with E-state index in [4.69, 9.17) is 14.9 Å². The number of hydrogen-bond acceptors (Lipinski definition) is 3. The first-order valence-corrected chi connectivity index (χ1v) is 4.18. The summed E-state index contributed by atoms with van der Waals surface area (Å²) in [4.78, 5) is 26.1. The van der Waals surface area contributed by atoms with Gasteiger partial charge in [-0.3, -0.25) is 14.7 Å². The number of carbonyl (C=O) groups is 1. The zero-order chi connectivity index (χ0) is 8.20. The van der Waals surface area contributed by atoms with Crippen molar-refractivity contribution >= 4 is 13.6 Å². The molecular formula is C3H8Li2NO5P+2. The number of nitrogens with one attached hydrogen (secondary N) is 1. The van der Waals surface area contributed by atoms with Crippen molar-refractivity contribution in [2.45, 2.75) is 0 Å². The summed E-state index contributed by atoms with van der Waals surface area (Å²) in [5.74, 6) is -1.14. The Bertz CT molecular complexity index is 170. The molecule has 0 heterocycles. The van der Waals surface area contributed by atoms with Crippen LogP contribution in [0.2, 0.25) is 0 Å². The van der Waals surface area contributed by atoms with Crippen LogP contribution in [0.25, 0.3) is 0 Å². The summed E-state index contributed by atoms with van der Waals surface area (Å²) in [5, 5.41) is 10.1. The first-order valence-electron chi connectivity index (χ1n) is 2.39. The zero-order valence-electron chi connectivity index (χ0n) is 7.02. The van der Waals surface area contributed by atoms with Crippen molar-refractivity contribution in [3.63, 3.8) is 0 Å². The van der Waals surface area contributed by atoms with Gasteiger partial charge in [-0.15, -0.1) is 0 Å². The average molecular weight is 183 g/mol. The van der Waals surface area contributed by atoms with Gasteiger partial charge in [0, 0.05) is 0 Å². The molecule has 0 fully saturated rings. The third-order valence-corrected chi connectivity index (χ3v) is 1.23. The molecule has 4 N–H and O–H groups in total. The van der Waals surface area contributed by atoms with Gasteiger partial charge in [-0.05, 0) is 0 Å². The van der Waals surface area contributed by atoms with Crippen molar-refractivity contribution in [2.24, 2.45) is 0 Å². The van der Waals surface area contributed by atoms with Crippen LogP contribution >= 0.6 is 7.60 Å². The van der Waals surface area contributed by atoms with Gasteiger partial charge in [-0.1, -0.05) is 0 Å². The molecule has 0 aliphatic carbocycles. The van der Waals surface area contributed by atoms with E-state index in [9.17, 15) is 9.36 Å². The second-order valence-electron chi connectivity index (χ2n) is 1.64. The molecule has 0 unspecified atom stereocenters. The van der Waals surface area contributed by atoms with E-state index in [1.807, 2.05) is 0 Å². The molecule has 0 saturated heterocycles. The third kappa shape index (κ3) is 17.0. The smallest absolute Gasteiger partial charge is 0.480 e. The van der Waals surface area contributed by atoms with Crippen LogP contribution in [0.1, 0.15) is 0 Å². The van der Waals surface area contributed by atoms with E-state index in [-0.39, 0.29) is 37.7 Å². The number of rotatable bonds is 4. The van der Waals surface area contributed by atoms with Crippen molar-refractivity contribution in [3.8, 4) is 0 Å². The number of hydrogen-bond donors (Lipinski definition) is 4. The van der Waals surface area contributed by atoms with Gasteiger partial charge in [0.25, 0.3) is 0 Å². The molecule has 0 aliphatic rings. The van der Waals surface area contributed by atoms with Gasteiger partial charge in [0.1, 0.15) is 0 Å². The molecule has 9 heteroatoms. The summed E-state index contributed by atoms with van der Waals surface area (Å²) in [6, 6.07) is 0. The van der Waals surface area contributed by atoms with E-state index >= 15 is 0 Å². The molecule has 0 aliphatic heterocycles. The SMILES string of the molecule is O=C(O)CNCP(=O)(O)O.[Li+].[Li+]. The van der Waals surface area contributed by atoms with Crippen molar-refractivity contribution in [2.75, 3.05) is 12.8 Å². The summed E-state index contributed by atoms with van der Waals surface area (Å²) in [5.41, 5.74) is 0. The molecule has 0 aromatic rings. The molecule has 0 spiro atoms. The molecule has 0 aromatic carbocycles. The monoisotopic (exact) mass is 183 g/mol. The average Bonchev–Trinajstić information content (AvgIpc) is 1.59. The molecule has 0 aromatic heterocycles. The fourth-order valence-electron chi connectivity index (χ4n) is 0.308. The summed E-state index contributed by atoms with van der Waals surface area (Å²) in [6.45, 7) is -0.439. The Balaban J connectivity index is -0.000000405. The van der Waals surface area contributed by atoms with Crippen molar-refractivity contribution in [1.29, 1.82) is 0 Å². The van der Waals surface area contributed by atoms with E-state index in [2.05, 4.69) is 5.32 Å². The van der Waals surface area contributed by atoms with Gasteiger partial charge < -0.3 is 14.9 Å². The first-order chi connectivity index (χ1) is 4.42. The Hall–Kier alpha value is 0.775. The Morgan fingerprint density at radius 2 is 1.75 bits per heavy atom. The van der Waals surface area contributed by atoms with Gasteiger partial charge in [0.05, 0.1) is 12.8 Å². The van der Waals surface area contributed by atoms with Crippen LogP contribution in [0.5, 0.6) is 0 Å². The Kier molecular flexibility index (Phi) is 12.9. The van der Waals surface area contributed by atoms with Crippen molar-refractivity contribution in [1.82, 2.24) is 5.32 Å². The van der Waals surface area contributed by atoms with E-state index in [1.165, 1.54) is 0 Å². The molecule has 0 bridgehead atoms. The Morgan fingerprint density at radius 1 is 1.33 bits per heavy atom. The number of aliphatic carboxylic acids is 1. The molecule has 0 saturated carbocycles. The minimum atomic E-state index is -4.10. The minimum absolute atomic E-state index is 0. The number of carboxylic acids is 1. The van der Waals surface area contributed by atoms with Crippen LogP contribution < -0.4 is 43.0 Å². The van der Waals surface area contributed by atoms with Gasteiger partial charge in [-0.25, -0.2) is 0 Å². The summed E-state index contributed by atoms with van der Waals surface area (Å²) < 4.78 is 10.1. The van der Waals surface area contributed by atoms with Crippen molar-refractivity contribution in [3.05, 3.63) is 0 Å². The van der Waals surface area contributed by atoms with Gasteiger partial charge >= 0.3 is 51.3 Å². The largest absolute Gasteiger partial charge is 1.00 e. The third-order valence-electron chi connectivity index (χ3n) is 0.594. The minimum Gasteiger partial charge on any atom is -0.480 e. The number of carboxylic acid groups (broad SMARTS) is 1. The standard InChI is InChI=1S/C3H8NO5P.2Li/c5-3(6)1-4-2-10(7,8)9;;/h4H,1-2H2,(H,5,6)(H2,7,8,9);;/q;2*+1.